The van der Waals surface area contributed by atoms with Gasteiger partial charge in [0.25, 0.3) is 0 Å². The van der Waals surface area contributed by atoms with Gasteiger partial charge in [-0.1, -0.05) is 66.3 Å². The maximum atomic E-state index is 2.74. The van der Waals surface area contributed by atoms with Gasteiger partial charge >= 0.3 is 0 Å². The number of rotatable bonds is 2. The van der Waals surface area contributed by atoms with Crippen LogP contribution in [0, 0.1) is 27.2 Å². The fraction of sp³-hybridized carbons (Fsp3) is 0.579. The molecule has 39 heavy (non-hydrogen) atoms. The summed E-state index contributed by atoms with van der Waals surface area (Å²) in [4.78, 5) is 0. The van der Waals surface area contributed by atoms with Crippen LogP contribution in [0.3, 0.4) is 0 Å². The third kappa shape index (κ3) is 4.34. The number of hydrogen-bond acceptors (Lipinski definition) is 0. The van der Waals surface area contributed by atoms with Crippen molar-refractivity contribution < 1.29 is 0 Å². The summed E-state index contributed by atoms with van der Waals surface area (Å²) in [6.45, 7) is 0. The zero-order valence-corrected chi connectivity index (χ0v) is 25.9. The van der Waals surface area contributed by atoms with Crippen LogP contribution in [0.15, 0.2) is 59.2 Å². The molecule has 0 nitrogen and oxygen atoms in total. The van der Waals surface area contributed by atoms with E-state index >= 15 is 0 Å². The van der Waals surface area contributed by atoms with Crippen LogP contribution in [0.25, 0.3) is 5.57 Å². The van der Waals surface area contributed by atoms with E-state index in [4.69, 9.17) is 0 Å². The Morgan fingerprint density at radius 2 is 1.36 bits per heavy atom. The molecule has 0 aromatic heterocycles. The Morgan fingerprint density at radius 1 is 0.615 bits per heavy atom. The van der Waals surface area contributed by atoms with E-state index < -0.39 is 0 Å². The zero-order chi connectivity index (χ0) is 25.9. The van der Waals surface area contributed by atoms with Gasteiger partial charge in [0.1, 0.15) is 0 Å². The van der Waals surface area contributed by atoms with Crippen molar-refractivity contribution in [1.29, 1.82) is 0 Å². The van der Waals surface area contributed by atoms with Crippen molar-refractivity contribution >= 4 is 28.2 Å². The van der Waals surface area contributed by atoms with Gasteiger partial charge in [-0.05, 0) is 176 Å². The van der Waals surface area contributed by atoms with Gasteiger partial charge in [0, 0.05) is 9.49 Å². The smallest absolute Gasteiger partial charge is 0.0130 e. The molecule has 0 N–H and O–H groups in total. The van der Waals surface area contributed by atoms with Crippen LogP contribution in [0.5, 0.6) is 0 Å². The Bertz CT molecular complexity index is 1310. The lowest BCUT2D eigenvalue weighted by Gasteiger charge is -2.50. The van der Waals surface area contributed by atoms with Crippen LogP contribution in [0.4, 0.5) is 0 Å². The molecule has 2 fully saturated rings. The van der Waals surface area contributed by atoms with Crippen LogP contribution in [0.1, 0.15) is 130 Å². The zero-order valence-electron chi connectivity index (χ0n) is 23.7. The van der Waals surface area contributed by atoms with E-state index in [0.29, 0.717) is 0 Å². The predicted molar refractivity (Wildman–Crippen MR) is 172 cm³/mol. The van der Waals surface area contributed by atoms with E-state index in [-0.39, 0.29) is 0 Å². The van der Waals surface area contributed by atoms with Gasteiger partial charge in [-0.3, -0.25) is 0 Å². The summed E-state index contributed by atoms with van der Waals surface area (Å²) in [6, 6.07) is 17.7. The number of fused-ring (bicyclic) bond motifs is 6. The average molecular weight is 629 g/mol. The van der Waals surface area contributed by atoms with Gasteiger partial charge in [-0.2, -0.15) is 0 Å². The molecular formula is C38H45I. The maximum Gasteiger partial charge on any atom is 0.0130 e. The minimum absolute atomic E-state index is 0.739. The molecule has 0 amide bonds. The lowest BCUT2D eigenvalue weighted by molar-refractivity contribution is 0.180. The quantitative estimate of drug-likeness (QED) is 0.229. The first-order chi connectivity index (χ1) is 19.3. The Hall–Kier alpha value is -1.35. The highest BCUT2D eigenvalue weighted by Crippen LogP contribution is 2.59. The Kier molecular flexibility index (Phi) is 6.82. The highest BCUT2D eigenvalue weighted by molar-refractivity contribution is 14.1. The highest BCUT2D eigenvalue weighted by Gasteiger charge is 2.46. The van der Waals surface area contributed by atoms with Gasteiger partial charge in [0.15, 0.2) is 0 Å². The first kappa shape index (κ1) is 25.4. The normalized spacial score (nSPS) is 34.0. The summed E-state index contributed by atoms with van der Waals surface area (Å²) < 4.78 is 1.37. The summed E-state index contributed by atoms with van der Waals surface area (Å²) >= 11 is 2.48. The van der Waals surface area contributed by atoms with Gasteiger partial charge in [-0.15, -0.1) is 0 Å². The molecule has 6 unspecified atom stereocenters. The van der Waals surface area contributed by atoms with Crippen molar-refractivity contribution in [3.8, 4) is 0 Å². The molecule has 6 aliphatic rings. The molecule has 0 saturated heterocycles. The number of aryl methyl sites for hydroxylation is 1. The van der Waals surface area contributed by atoms with E-state index in [1.165, 1.54) is 106 Å². The van der Waals surface area contributed by atoms with Gasteiger partial charge in [-0.25, -0.2) is 0 Å². The molecule has 0 bridgehead atoms. The van der Waals surface area contributed by atoms with Crippen LogP contribution in [-0.4, -0.2) is 0 Å². The molecular weight excluding hydrogens is 583 g/mol. The minimum atomic E-state index is 0.739. The van der Waals surface area contributed by atoms with Crippen molar-refractivity contribution in [2.45, 2.75) is 115 Å². The molecule has 6 aliphatic carbocycles. The third-order valence-corrected chi connectivity index (χ3v) is 12.9. The van der Waals surface area contributed by atoms with Crippen LogP contribution >= 0.6 is 22.6 Å². The summed E-state index contributed by atoms with van der Waals surface area (Å²) in [5.41, 5.74) is 14.2. The number of benzene rings is 2. The third-order valence-electron chi connectivity index (χ3n) is 12.2. The molecule has 2 saturated carbocycles. The average Bonchev–Trinajstić information content (AvgIpc) is 2.99. The van der Waals surface area contributed by atoms with Crippen molar-refractivity contribution in [2.24, 2.45) is 23.7 Å². The van der Waals surface area contributed by atoms with Crippen LogP contribution in [-0.2, 0) is 6.42 Å². The van der Waals surface area contributed by atoms with Crippen molar-refractivity contribution in [3.63, 3.8) is 0 Å². The first-order valence-corrected chi connectivity index (χ1v) is 17.7. The topological polar surface area (TPSA) is 0 Å². The first-order valence-electron chi connectivity index (χ1n) is 16.6. The van der Waals surface area contributed by atoms with Gasteiger partial charge < -0.3 is 0 Å². The molecule has 6 atom stereocenters. The summed E-state index contributed by atoms with van der Waals surface area (Å²) in [5, 5.41) is 0. The summed E-state index contributed by atoms with van der Waals surface area (Å²) in [6.07, 6.45) is 22.5. The monoisotopic (exact) mass is 628 g/mol. The second-order valence-electron chi connectivity index (χ2n) is 14.0. The predicted octanol–water partition coefficient (Wildman–Crippen LogP) is 11.1. The summed E-state index contributed by atoms with van der Waals surface area (Å²) in [5.74, 6) is 4.77. The second-order valence-corrected chi connectivity index (χ2v) is 15.2. The molecule has 2 aromatic carbocycles. The molecule has 0 spiro atoms. The van der Waals surface area contributed by atoms with E-state index in [9.17, 15) is 0 Å². The Labute approximate surface area is 250 Å². The number of halogens is 1. The van der Waals surface area contributed by atoms with Crippen LogP contribution in [0.2, 0.25) is 0 Å². The largest absolute Gasteiger partial charge is 0.0704 e. The molecule has 0 heterocycles. The fourth-order valence-corrected chi connectivity index (χ4v) is 11.0. The van der Waals surface area contributed by atoms with Crippen molar-refractivity contribution in [2.75, 3.05) is 0 Å². The summed E-state index contributed by atoms with van der Waals surface area (Å²) in [7, 11) is 0. The standard InChI is InChI=1S/C38H45I/c39-29-20-17-26(18-21-29)37-32-9-3-5-11-34(32)38(35-12-6-4-10-33(35)37)28-19-22-31-27(23-28)16-15-25-14-13-24-7-1-2-8-30(24)36(25)31/h17-23,25,32-34,36-37H,1-16H2. The van der Waals surface area contributed by atoms with E-state index in [2.05, 4.69) is 65.1 Å². The molecule has 8 rings (SSSR count). The van der Waals surface area contributed by atoms with Crippen LogP contribution < -0.4 is 0 Å². The number of hydrogen-bond donors (Lipinski definition) is 0. The Balaban J connectivity index is 1.22. The molecule has 204 valence electrons. The lowest BCUT2D eigenvalue weighted by atomic mass is 9.54. The van der Waals surface area contributed by atoms with E-state index in [0.717, 1.165) is 35.5 Å². The minimum Gasteiger partial charge on any atom is -0.0704 e. The maximum absolute atomic E-state index is 2.74. The lowest BCUT2D eigenvalue weighted by Crippen LogP contribution is -2.38. The molecule has 0 radical (unpaired) electrons. The number of allylic oxidation sites excluding steroid dienone is 4. The molecule has 1 heteroatoms. The Morgan fingerprint density at radius 3 is 2.28 bits per heavy atom. The fourth-order valence-electron chi connectivity index (χ4n) is 10.7. The second kappa shape index (κ2) is 10.5. The van der Waals surface area contributed by atoms with E-state index in [1.807, 2.05) is 22.3 Å². The molecule has 0 aliphatic heterocycles. The molecule has 2 aromatic rings. The van der Waals surface area contributed by atoms with Crippen molar-refractivity contribution in [3.05, 3.63) is 85.0 Å². The van der Waals surface area contributed by atoms with E-state index in [1.54, 1.807) is 22.3 Å². The highest BCUT2D eigenvalue weighted by atomic mass is 127. The van der Waals surface area contributed by atoms with Gasteiger partial charge in [0.2, 0.25) is 0 Å². The SMILES string of the molecule is Ic1ccc(C2C3CCCCC3=C(c3ccc4c(c3)CCC3CCC5=C(CCCC5)C43)C3CCCCC32)cc1. The van der Waals surface area contributed by atoms with Crippen molar-refractivity contribution in [1.82, 2.24) is 0 Å². The van der Waals surface area contributed by atoms with Gasteiger partial charge in [0.05, 0.1) is 0 Å².